The molecule has 0 spiro atoms. The number of hydrogen-bond acceptors (Lipinski definition) is 11. The van der Waals surface area contributed by atoms with E-state index in [-0.39, 0.29) is 24.5 Å². The zero-order valence-electron chi connectivity index (χ0n) is 42.0. The van der Waals surface area contributed by atoms with Gasteiger partial charge in [0.25, 0.3) is 12.4 Å². The zero-order chi connectivity index (χ0) is 50.4. The normalized spacial score (nSPS) is 15.4. The van der Waals surface area contributed by atoms with Gasteiger partial charge in [-0.3, -0.25) is 18.9 Å². The van der Waals surface area contributed by atoms with Crippen molar-refractivity contribution in [3.63, 3.8) is 0 Å². The summed E-state index contributed by atoms with van der Waals surface area (Å²) < 4.78 is 24.2. The molecule has 3 fully saturated rings. The number of carbonyl (C=O) groups excluding carboxylic acids is 4. The van der Waals surface area contributed by atoms with Crippen molar-refractivity contribution in [2.24, 2.45) is 29.2 Å². The molecule has 6 rings (SSSR count). The molecule has 0 saturated carbocycles. The summed E-state index contributed by atoms with van der Waals surface area (Å²) in [5.74, 6) is 3.18. The molecule has 16 heteroatoms. The van der Waals surface area contributed by atoms with E-state index < -0.39 is 7.52 Å². The number of hydrogen-bond donors (Lipinski definition) is 3. The summed E-state index contributed by atoms with van der Waals surface area (Å²) in [6.45, 7) is 30.3. The number of carboxylic acid groups (broad SMARTS) is 1. The molecule has 14 nitrogen and oxygen atoms in total. The van der Waals surface area contributed by atoms with Crippen molar-refractivity contribution in [2.75, 3.05) is 73.6 Å². The molecule has 2 atom stereocenters. The summed E-state index contributed by atoms with van der Waals surface area (Å²) in [7, 11) is 2.51. The number of nitrogens with one attached hydrogen (secondary N) is 1. The summed E-state index contributed by atoms with van der Waals surface area (Å²) in [4.78, 5) is 56.9. The number of carbonyl (C=O) groups is 5. The molecule has 2 aromatic carbocycles. The van der Waals surface area contributed by atoms with Crippen molar-refractivity contribution in [1.82, 2.24) is 20.0 Å². The Balaban J connectivity index is -0.000000792. The largest absolute Gasteiger partial charge is 0.483 e. The van der Waals surface area contributed by atoms with E-state index in [1.54, 1.807) is 31.3 Å². The lowest BCUT2D eigenvalue weighted by atomic mass is 9.94. The molecule has 1 aromatic heterocycles. The third kappa shape index (κ3) is 31.6. The Morgan fingerprint density at radius 3 is 1.86 bits per heavy atom. The third-order valence-electron chi connectivity index (χ3n) is 9.38. The summed E-state index contributed by atoms with van der Waals surface area (Å²) >= 11 is 1.42. The number of thiophene rings is 1. The van der Waals surface area contributed by atoms with Crippen LogP contribution in [0.1, 0.15) is 110 Å². The molecule has 2 amide bonds. The summed E-state index contributed by atoms with van der Waals surface area (Å²) in [6.07, 6.45) is 5.72. The predicted molar refractivity (Wildman–Crippen MR) is 271 cm³/mol. The van der Waals surface area contributed by atoms with E-state index in [0.29, 0.717) is 41.6 Å². The van der Waals surface area contributed by atoms with Gasteiger partial charge in [0.1, 0.15) is 18.8 Å². The van der Waals surface area contributed by atoms with Crippen molar-refractivity contribution in [3.05, 3.63) is 65.0 Å². The summed E-state index contributed by atoms with van der Waals surface area (Å²) in [5, 5.41) is 10.4. The summed E-state index contributed by atoms with van der Waals surface area (Å²) in [5.41, 5.74) is 6.68. The Bertz CT molecular complexity index is 1690. The van der Waals surface area contributed by atoms with Crippen LogP contribution in [0.4, 0.5) is 0 Å². The summed E-state index contributed by atoms with van der Waals surface area (Å²) in [6, 6.07) is 16.4. The van der Waals surface area contributed by atoms with Crippen LogP contribution in [-0.4, -0.2) is 125 Å². The van der Waals surface area contributed by atoms with Gasteiger partial charge < -0.3 is 44.0 Å². The topological polar surface area (TPSA) is 189 Å². The molecule has 4 N–H and O–H groups in total. The van der Waals surface area contributed by atoms with Crippen LogP contribution >= 0.6 is 18.9 Å². The van der Waals surface area contributed by atoms with Gasteiger partial charge in [0.05, 0.1) is 30.2 Å². The highest BCUT2D eigenvalue weighted by molar-refractivity contribution is 7.56. The van der Waals surface area contributed by atoms with Crippen molar-refractivity contribution in [1.29, 1.82) is 0 Å². The Morgan fingerprint density at radius 2 is 1.43 bits per heavy atom. The lowest BCUT2D eigenvalue weighted by molar-refractivity contribution is -0.144. The number of amides is 2. The Morgan fingerprint density at radius 1 is 0.908 bits per heavy atom. The molecule has 3 aliphatic heterocycles. The fourth-order valence-corrected chi connectivity index (χ4v) is 8.05. The number of benzene rings is 2. The molecule has 3 aromatic rings. The maximum Gasteiger partial charge on any atom is 0.318 e. The molecular weight excluding hydrogens is 866 g/mol. The molecule has 65 heavy (non-hydrogen) atoms. The minimum absolute atomic E-state index is 0.116. The average Bonchev–Trinajstić information content (AvgIpc) is 3.96. The van der Waals surface area contributed by atoms with Crippen LogP contribution in [0.15, 0.2) is 54.6 Å². The molecule has 3 aliphatic rings. The van der Waals surface area contributed by atoms with E-state index in [9.17, 15) is 18.9 Å². The monoisotopic (exact) mass is 952 g/mol. The number of rotatable bonds is 10. The number of para-hydroxylation sites is 1. The number of likely N-dealkylation sites (tertiary alicyclic amines) is 2. The van der Waals surface area contributed by atoms with Crippen LogP contribution < -0.4 is 15.3 Å². The van der Waals surface area contributed by atoms with Crippen LogP contribution in [0.25, 0.3) is 10.1 Å². The van der Waals surface area contributed by atoms with Crippen molar-refractivity contribution in [2.45, 2.75) is 101 Å². The van der Waals surface area contributed by atoms with E-state index >= 15 is 0 Å². The highest BCUT2D eigenvalue weighted by Gasteiger charge is 2.33. The van der Waals surface area contributed by atoms with Gasteiger partial charge in [-0.1, -0.05) is 93.5 Å². The quantitative estimate of drug-likeness (QED) is 0.129. The van der Waals surface area contributed by atoms with Crippen LogP contribution in [-0.2, 0) is 34.6 Å². The fraction of sp³-hybridized carbons (Fsp3) is 0.612. The Kier molecular flexibility index (Phi) is 40.5. The predicted octanol–water partition coefficient (Wildman–Crippen LogP) is 9.60. The standard InChI is InChI=1S/C17H17N2O3PS.C9H16N2O2.C8H16O.C5H11N.C4H10.2C2H6.CH2O2.CH2O/c1-19-17(20)16-10-13-9-12(7-8-15(13)24-16)11-23(18,21)22-14-5-3-2-4-6-14;1-10-6-8(7-10)9(12)11-2-4-13-5-3-11;1-7(2)8(3)5-4-6-9;1-6-4-2-3-5-6;1-4(2)3;2*1-2;2-1-3;1-2/h2-10H,11H2,1H3,(H2,18,21)(H,19,20);8H,2-7H2,1H3;6-8H,4-5H2,1-3H3;2-5H2,1H3;4H,1-3H3;2*1-2H3;1H,(H,2,3);1H2/t;;8-;;;;;;/m..0....../s1. The molecule has 372 valence electrons. The lowest BCUT2D eigenvalue weighted by Gasteiger charge is -2.39. The SMILES string of the molecule is C=O.CC.CC.CC(C)C.CC(C)[C@@H](C)CCC=O.CN1CC(C(=O)N2CCOCC2)C1.CN1CCCC1.CNC(=O)c1cc2cc(CP(N)(=O)Oc3ccccc3)ccc2s1.O=CO. The second-order valence-electron chi connectivity index (χ2n) is 16.0. The second-order valence-corrected chi connectivity index (χ2v) is 19.1. The first-order chi connectivity index (χ1) is 31.0. The van der Waals surface area contributed by atoms with E-state index in [2.05, 4.69) is 63.7 Å². The molecule has 3 saturated heterocycles. The van der Waals surface area contributed by atoms with Gasteiger partial charge in [0.15, 0.2) is 0 Å². The number of ether oxygens (including phenoxy) is 1. The smallest absolute Gasteiger partial charge is 0.318 e. The first kappa shape index (κ1) is 65.3. The van der Waals surface area contributed by atoms with Crippen LogP contribution in [0.2, 0.25) is 0 Å². The van der Waals surface area contributed by atoms with E-state index in [0.717, 1.165) is 66.9 Å². The number of fused-ring (bicyclic) bond motifs is 1. The highest BCUT2D eigenvalue weighted by Crippen LogP contribution is 2.43. The second kappa shape index (κ2) is 40.3. The fourth-order valence-electron chi connectivity index (χ4n) is 5.81. The molecule has 0 aliphatic carbocycles. The molecule has 1 unspecified atom stereocenters. The van der Waals surface area contributed by atoms with Gasteiger partial charge >= 0.3 is 7.52 Å². The van der Waals surface area contributed by atoms with E-state index in [1.807, 2.05) is 76.8 Å². The maximum atomic E-state index is 12.5. The molecule has 4 heterocycles. The van der Waals surface area contributed by atoms with Crippen LogP contribution in [0.5, 0.6) is 5.75 Å². The van der Waals surface area contributed by atoms with Crippen molar-refractivity contribution >= 4 is 60.3 Å². The van der Waals surface area contributed by atoms with Crippen molar-refractivity contribution < 1.29 is 42.9 Å². The molecule has 0 bridgehead atoms. The minimum Gasteiger partial charge on any atom is -0.483 e. The van der Waals surface area contributed by atoms with Gasteiger partial charge in [0, 0.05) is 44.3 Å². The first-order valence-electron chi connectivity index (χ1n) is 22.9. The average molecular weight is 952 g/mol. The molecule has 0 radical (unpaired) electrons. The Hall–Kier alpha value is -3.98. The van der Waals surface area contributed by atoms with Crippen LogP contribution in [0.3, 0.4) is 0 Å². The van der Waals surface area contributed by atoms with E-state index in [1.165, 1.54) is 37.3 Å². The number of aldehydes is 1. The van der Waals surface area contributed by atoms with E-state index in [4.69, 9.17) is 29.5 Å². The van der Waals surface area contributed by atoms with Gasteiger partial charge in [-0.15, -0.1) is 11.3 Å². The van der Waals surface area contributed by atoms with Crippen LogP contribution in [0, 0.1) is 23.7 Å². The number of nitrogens with two attached hydrogens (primary N) is 1. The highest BCUT2D eigenvalue weighted by atomic mass is 32.1. The third-order valence-corrected chi connectivity index (χ3v) is 11.8. The van der Waals surface area contributed by atoms with Gasteiger partial charge in [-0.2, -0.15) is 0 Å². The minimum atomic E-state index is -3.31. The maximum absolute atomic E-state index is 12.5. The lowest BCUT2D eigenvalue weighted by Crippen LogP contribution is -2.54. The first-order valence-corrected chi connectivity index (χ1v) is 25.6. The number of nitrogens with zero attached hydrogens (tertiary/aromatic N) is 3. The molecular formula is C49H86N5O9PS. The zero-order valence-corrected chi connectivity index (χ0v) is 43.8. The Labute approximate surface area is 396 Å². The van der Waals surface area contributed by atoms with Gasteiger partial charge in [0.2, 0.25) is 5.91 Å². The van der Waals surface area contributed by atoms with Gasteiger partial charge in [-0.25, -0.2) is 5.50 Å². The number of morpholine rings is 1. The van der Waals surface area contributed by atoms with Crippen molar-refractivity contribution in [3.8, 4) is 5.75 Å². The van der Waals surface area contributed by atoms with Gasteiger partial charge in [-0.05, 0) is 105 Å².